The van der Waals surface area contributed by atoms with Crippen molar-refractivity contribution in [2.45, 2.75) is 4.90 Å². The van der Waals surface area contributed by atoms with E-state index in [0.29, 0.717) is 5.69 Å². The van der Waals surface area contributed by atoms with E-state index in [1.165, 1.54) is 24.1 Å². The number of urea groups is 1. The third kappa shape index (κ3) is 1.15. The van der Waals surface area contributed by atoms with Crippen LogP contribution in [0.4, 0.5) is 10.5 Å². The van der Waals surface area contributed by atoms with Crippen LogP contribution in [0.5, 0.6) is 0 Å². The van der Waals surface area contributed by atoms with Crippen LogP contribution in [0.3, 0.4) is 0 Å². The zero-order valence-corrected chi connectivity index (χ0v) is 8.13. The molecule has 0 aliphatic carbocycles. The Kier molecular flexibility index (Phi) is 1.75. The van der Waals surface area contributed by atoms with Crippen LogP contribution in [0.1, 0.15) is 0 Å². The second-order valence-electron chi connectivity index (χ2n) is 2.86. The first-order valence-electron chi connectivity index (χ1n) is 3.83. The molecule has 1 aliphatic heterocycles. The average Bonchev–Trinajstić information content (AvgIpc) is 2.14. The average molecular weight is 211 g/mol. The Bertz CT molecular complexity index is 495. The molecular weight excluding hydrogens is 204 g/mol. The molecule has 0 saturated carbocycles. The van der Waals surface area contributed by atoms with Crippen LogP contribution in [0, 0.1) is 6.07 Å². The van der Waals surface area contributed by atoms with E-state index in [9.17, 15) is 13.2 Å². The highest BCUT2D eigenvalue weighted by molar-refractivity contribution is 7.90. The van der Waals surface area contributed by atoms with Crippen molar-refractivity contribution in [3.8, 4) is 0 Å². The van der Waals surface area contributed by atoms with E-state index in [1.807, 2.05) is 4.72 Å². The molecule has 1 aliphatic rings. The van der Waals surface area contributed by atoms with Gasteiger partial charge in [0, 0.05) is 7.05 Å². The molecule has 1 N–H and O–H groups in total. The third-order valence-electron chi connectivity index (χ3n) is 1.98. The number of nitrogens with one attached hydrogen (secondary N) is 1. The van der Waals surface area contributed by atoms with Gasteiger partial charge >= 0.3 is 6.03 Å². The van der Waals surface area contributed by atoms with Gasteiger partial charge in [-0.05, 0) is 18.2 Å². The zero-order chi connectivity index (χ0) is 10.3. The second-order valence-corrected chi connectivity index (χ2v) is 4.51. The van der Waals surface area contributed by atoms with Gasteiger partial charge in [-0.1, -0.05) is 6.07 Å². The van der Waals surface area contributed by atoms with Gasteiger partial charge in [0.25, 0.3) is 10.0 Å². The molecule has 5 nitrogen and oxygen atoms in total. The highest BCUT2D eigenvalue weighted by Gasteiger charge is 2.30. The van der Waals surface area contributed by atoms with Gasteiger partial charge in [-0.2, -0.15) is 0 Å². The number of hydrogen-bond donors (Lipinski definition) is 1. The number of hydrogen-bond acceptors (Lipinski definition) is 3. The van der Waals surface area contributed by atoms with Gasteiger partial charge in [-0.25, -0.2) is 17.9 Å². The van der Waals surface area contributed by atoms with Crippen LogP contribution in [0.2, 0.25) is 0 Å². The van der Waals surface area contributed by atoms with E-state index < -0.39 is 16.1 Å². The van der Waals surface area contributed by atoms with Gasteiger partial charge in [-0.15, -0.1) is 0 Å². The molecule has 14 heavy (non-hydrogen) atoms. The number of carbonyl (C=O) groups excluding carboxylic acids is 1. The van der Waals surface area contributed by atoms with Gasteiger partial charge in [0.15, 0.2) is 0 Å². The molecular formula is C8H7N2O3S. The second kappa shape index (κ2) is 2.71. The van der Waals surface area contributed by atoms with Crippen molar-refractivity contribution < 1.29 is 13.2 Å². The minimum Gasteiger partial charge on any atom is -0.295 e. The van der Waals surface area contributed by atoms with Crippen molar-refractivity contribution in [3.63, 3.8) is 0 Å². The van der Waals surface area contributed by atoms with Gasteiger partial charge in [0.1, 0.15) is 4.90 Å². The maximum Gasteiger partial charge on any atom is 0.335 e. The summed E-state index contributed by atoms with van der Waals surface area (Å²) < 4.78 is 24.8. The van der Waals surface area contributed by atoms with Crippen molar-refractivity contribution in [3.05, 3.63) is 24.3 Å². The molecule has 6 heteroatoms. The summed E-state index contributed by atoms with van der Waals surface area (Å²) in [6.07, 6.45) is 0. The molecule has 0 spiro atoms. The summed E-state index contributed by atoms with van der Waals surface area (Å²) in [5.41, 5.74) is 0.368. The number of benzene rings is 1. The molecule has 0 bridgehead atoms. The van der Waals surface area contributed by atoms with Crippen LogP contribution in [-0.2, 0) is 10.0 Å². The first-order chi connectivity index (χ1) is 6.52. The lowest BCUT2D eigenvalue weighted by molar-refractivity contribution is 0.251. The van der Waals surface area contributed by atoms with E-state index in [4.69, 9.17) is 0 Å². The van der Waals surface area contributed by atoms with Crippen molar-refractivity contribution >= 4 is 21.7 Å². The number of carbonyl (C=O) groups is 1. The Morgan fingerprint density at radius 2 is 2.21 bits per heavy atom. The van der Waals surface area contributed by atoms with E-state index in [0.717, 1.165) is 0 Å². The van der Waals surface area contributed by atoms with Gasteiger partial charge in [-0.3, -0.25) is 4.90 Å². The summed E-state index contributed by atoms with van der Waals surface area (Å²) in [5.74, 6) is 0. The van der Waals surface area contributed by atoms with Gasteiger partial charge in [0.2, 0.25) is 0 Å². The number of sulfonamides is 1. The topological polar surface area (TPSA) is 66.5 Å². The molecule has 1 aromatic carbocycles. The molecule has 1 heterocycles. The number of anilines is 1. The molecule has 0 saturated heterocycles. The van der Waals surface area contributed by atoms with Crippen LogP contribution in [0.15, 0.2) is 23.1 Å². The number of amides is 2. The maximum atomic E-state index is 11.5. The fraction of sp³-hybridized carbons (Fsp3) is 0.125. The summed E-state index contributed by atoms with van der Waals surface area (Å²) in [6.45, 7) is 0. The van der Waals surface area contributed by atoms with Crippen molar-refractivity contribution in [1.82, 2.24) is 4.72 Å². The van der Waals surface area contributed by atoms with Gasteiger partial charge < -0.3 is 0 Å². The number of rotatable bonds is 0. The number of nitrogens with zero attached hydrogens (tertiary/aromatic N) is 1. The fourth-order valence-electron chi connectivity index (χ4n) is 1.25. The molecule has 2 rings (SSSR count). The van der Waals surface area contributed by atoms with E-state index in [2.05, 4.69) is 6.07 Å². The maximum absolute atomic E-state index is 11.5. The summed E-state index contributed by atoms with van der Waals surface area (Å²) in [4.78, 5) is 12.5. The van der Waals surface area contributed by atoms with Crippen LogP contribution < -0.4 is 9.62 Å². The molecule has 2 amide bonds. The quantitative estimate of drug-likeness (QED) is 0.672. The molecule has 1 radical (unpaired) electrons. The first kappa shape index (κ1) is 9.01. The molecule has 0 unspecified atom stereocenters. The summed E-state index contributed by atoms with van der Waals surface area (Å²) in [7, 11) is -2.19. The molecule has 1 aromatic rings. The summed E-state index contributed by atoms with van der Waals surface area (Å²) in [5, 5.41) is 0. The smallest absolute Gasteiger partial charge is 0.295 e. The predicted molar refractivity (Wildman–Crippen MR) is 49.4 cm³/mol. The number of fused-ring (bicyclic) bond motifs is 1. The Morgan fingerprint density at radius 1 is 1.50 bits per heavy atom. The predicted octanol–water partition coefficient (Wildman–Crippen LogP) is 0.335. The molecule has 0 fully saturated rings. The molecule has 0 atom stereocenters. The highest BCUT2D eigenvalue weighted by Crippen LogP contribution is 2.27. The van der Waals surface area contributed by atoms with E-state index >= 15 is 0 Å². The summed E-state index contributed by atoms with van der Waals surface area (Å²) >= 11 is 0. The normalized spacial score (nSPS) is 18.6. The fourth-order valence-corrected chi connectivity index (χ4v) is 2.43. The monoisotopic (exact) mass is 211 g/mol. The minimum atomic E-state index is -3.70. The third-order valence-corrected chi connectivity index (χ3v) is 3.33. The molecule has 73 valence electrons. The van der Waals surface area contributed by atoms with Crippen LogP contribution in [-0.4, -0.2) is 21.5 Å². The van der Waals surface area contributed by atoms with E-state index in [-0.39, 0.29) is 4.90 Å². The van der Waals surface area contributed by atoms with Crippen LogP contribution >= 0.6 is 0 Å². The SMILES string of the molecule is CN1C(=O)NS(=O)(=O)c2c[c]ccc21. The largest absolute Gasteiger partial charge is 0.335 e. The summed E-state index contributed by atoms with van der Waals surface area (Å²) in [6, 6.07) is 6.43. The Balaban J connectivity index is 2.74. The lowest BCUT2D eigenvalue weighted by Crippen LogP contribution is -2.45. The van der Waals surface area contributed by atoms with Crippen molar-refractivity contribution in [2.75, 3.05) is 11.9 Å². The van der Waals surface area contributed by atoms with Crippen molar-refractivity contribution in [2.24, 2.45) is 0 Å². The highest BCUT2D eigenvalue weighted by atomic mass is 32.2. The lowest BCUT2D eigenvalue weighted by Gasteiger charge is -2.25. The van der Waals surface area contributed by atoms with Crippen molar-refractivity contribution in [1.29, 1.82) is 0 Å². The molecule has 0 aromatic heterocycles. The van der Waals surface area contributed by atoms with E-state index in [1.54, 1.807) is 6.07 Å². The van der Waals surface area contributed by atoms with Crippen LogP contribution in [0.25, 0.3) is 0 Å². The Morgan fingerprint density at radius 3 is 2.93 bits per heavy atom. The standard InChI is InChI=1S/C8H7N2O3S/c1-10-6-4-2-3-5-7(6)14(12,13)9-8(10)11/h2,4-5H,1H3,(H,9,11). The first-order valence-corrected chi connectivity index (χ1v) is 5.31. The Labute approximate surface area is 81.4 Å². The minimum absolute atomic E-state index is 0.0714. The Hall–Kier alpha value is -1.56. The van der Waals surface area contributed by atoms with Gasteiger partial charge in [0.05, 0.1) is 5.69 Å². The zero-order valence-electron chi connectivity index (χ0n) is 7.31. The lowest BCUT2D eigenvalue weighted by atomic mass is 10.3.